The summed E-state index contributed by atoms with van der Waals surface area (Å²) in [6.07, 6.45) is -1.29. The summed E-state index contributed by atoms with van der Waals surface area (Å²) in [5.41, 5.74) is 0.0780. The van der Waals surface area contributed by atoms with Crippen molar-refractivity contribution in [1.82, 2.24) is 5.32 Å². The lowest BCUT2D eigenvalue weighted by Crippen LogP contribution is -2.37. The summed E-state index contributed by atoms with van der Waals surface area (Å²) in [4.78, 5) is 24.0. The third-order valence-corrected chi connectivity index (χ3v) is 5.58. The fourth-order valence-corrected chi connectivity index (χ4v) is 4.27. The maximum absolute atomic E-state index is 12.4. The third-order valence-electron chi connectivity index (χ3n) is 4.40. The van der Waals surface area contributed by atoms with Crippen molar-refractivity contribution in [3.05, 3.63) is 24.3 Å². The van der Waals surface area contributed by atoms with Gasteiger partial charge in [0.1, 0.15) is 6.54 Å². The first-order chi connectivity index (χ1) is 12.8. The highest BCUT2D eigenvalue weighted by atomic mass is 32.2. The molecular weight excluding hydrogens is 379 g/mol. The molecule has 0 spiro atoms. The predicted octanol–water partition coefficient (Wildman–Crippen LogP) is 3.73. The number of benzene rings is 1. The summed E-state index contributed by atoms with van der Waals surface area (Å²) >= 11 is 1.44. The molecule has 0 bridgehead atoms. The zero-order valence-electron chi connectivity index (χ0n) is 14.5. The molecule has 1 aliphatic carbocycles. The number of hydrogen-bond acceptors (Lipinski definition) is 4. The lowest BCUT2D eigenvalue weighted by molar-refractivity contribution is -0.167. The number of carbonyl (C=O) groups excluding carboxylic acids is 2. The zero-order valence-corrected chi connectivity index (χ0v) is 15.3. The van der Waals surface area contributed by atoms with E-state index in [0.717, 1.165) is 30.6 Å². The van der Waals surface area contributed by atoms with Gasteiger partial charge in [0.2, 0.25) is 5.91 Å². The van der Waals surface area contributed by atoms with Gasteiger partial charge < -0.3 is 10.6 Å². The molecule has 0 saturated heterocycles. The molecule has 1 fully saturated rings. The zero-order chi connectivity index (χ0) is 19.9. The summed E-state index contributed by atoms with van der Waals surface area (Å²) < 4.78 is 37.1. The molecule has 9 heteroatoms. The molecular formula is C18H20F3N3O2S. The number of nitrogens with zero attached hydrogens (tertiary/aromatic N) is 1. The van der Waals surface area contributed by atoms with Gasteiger partial charge in [0.25, 0.3) is 0 Å². The van der Waals surface area contributed by atoms with Crippen LogP contribution in [0, 0.1) is 23.2 Å². The van der Waals surface area contributed by atoms with Gasteiger partial charge in [-0.25, -0.2) is 0 Å². The Kier molecular flexibility index (Phi) is 7.54. The number of nitriles is 1. The first-order valence-electron chi connectivity index (χ1n) is 8.57. The molecule has 2 unspecified atom stereocenters. The van der Waals surface area contributed by atoms with E-state index in [9.17, 15) is 22.8 Å². The van der Waals surface area contributed by atoms with E-state index in [1.165, 1.54) is 23.9 Å². The van der Waals surface area contributed by atoms with Gasteiger partial charge in [0.15, 0.2) is 0 Å². The summed E-state index contributed by atoms with van der Waals surface area (Å²) in [5.74, 6) is -1.51. The number of rotatable bonds is 6. The molecule has 1 aromatic rings. The second-order valence-corrected chi connectivity index (χ2v) is 7.41. The molecule has 0 radical (unpaired) electrons. The normalized spacial score (nSPS) is 19.8. The largest absolute Gasteiger partial charge is 0.471 e. The van der Waals surface area contributed by atoms with Gasteiger partial charge in [-0.1, -0.05) is 18.9 Å². The number of hydrogen-bond donors (Lipinski definition) is 2. The minimum Gasteiger partial charge on any atom is -0.343 e. The molecule has 1 aliphatic rings. The number of anilines is 1. The SMILES string of the molecule is N#CCNC(=O)C1CCCCC1CSc1cccc(NC(=O)C(F)(F)F)c1. The van der Waals surface area contributed by atoms with Crippen LogP contribution in [-0.2, 0) is 9.59 Å². The van der Waals surface area contributed by atoms with Gasteiger partial charge in [0.05, 0.1) is 6.07 Å². The van der Waals surface area contributed by atoms with Crippen LogP contribution in [0.3, 0.4) is 0 Å². The number of halogens is 3. The van der Waals surface area contributed by atoms with Crippen LogP contribution >= 0.6 is 11.8 Å². The highest BCUT2D eigenvalue weighted by molar-refractivity contribution is 7.99. The molecule has 0 heterocycles. The molecule has 1 aromatic carbocycles. The highest BCUT2D eigenvalue weighted by Gasteiger charge is 2.38. The number of amides is 2. The first kappa shape index (κ1) is 21.1. The molecule has 146 valence electrons. The van der Waals surface area contributed by atoms with Crippen molar-refractivity contribution in [2.75, 3.05) is 17.6 Å². The van der Waals surface area contributed by atoms with Gasteiger partial charge >= 0.3 is 12.1 Å². The average molecular weight is 399 g/mol. The van der Waals surface area contributed by atoms with Crippen LogP contribution in [0.25, 0.3) is 0 Å². The molecule has 2 atom stereocenters. The maximum atomic E-state index is 12.4. The smallest absolute Gasteiger partial charge is 0.343 e. The fourth-order valence-electron chi connectivity index (χ4n) is 3.08. The second-order valence-electron chi connectivity index (χ2n) is 6.32. The fraction of sp³-hybridized carbons (Fsp3) is 0.500. The van der Waals surface area contributed by atoms with Crippen molar-refractivity contribution >= 4 is 29.3 Å². The van der Waals surface area contributed by atoms with Crippen LogP contribution in [0.2, 0.25) is 0 Å². The minimum atomic E-state index is -4.94. The van der Waals surface area contributed by atoms with Crippen LogP contribution in [0.5, 0.6) is 0 Å². The van der Waals surface area contributed by atoms with E-state index >= 15 is 0 Å². The standard InChI is InChI=1S/C18H20F3N3O2S/c19-18(20,21)17(26)24-13-5-3-6-14(10-13)27-11-12-4-1-2-7-15(12)16(25)23-9-8-22/h3,5-6,10,12,15H,1-2,4,7,9,11H2,(H,23,25)(H,24,26). The Bertz CT molecular complexity index is 719. The van der Waals surface area contributed by atoms with E-state index in [4.69, 9.17) is 5.26 Å². The lowest BCUT2D eigenvalue weighted by Gasteiger charge is -2.30. The quantitative estimate of drug-likeness (QED) is 0.564. The van der Waals surface area contributed by atoms with Crippen molar-refractivity contribution in [3.63, 3.8) is 0 Å². The molecule has 1 saturated carbocycles. The summed E-state index contributed by atoms with van der Waals surface area (Å²) in [6.45, 7) is -0.0177. The van der Waals surface area contributed by atoms with Crippen LogP contribution < -0.4 is 10.6 Å². The van der Waals surface area contributed by atoms with Gasteiger partial charge in [-0.15, -0.1) is 11.8 Å². The maximum Gasteiger partial charge on any atom is 0.471 e. The predicted molar refractivity (Wildman–Crippen MR) is 95.9 cm³/mol. The molecule has 2 amide bonds. The molecule has 2 rings (SSSR count). The van der Waals surface area contributed by atoms with Crippen molar-refractivity contribution < 1.29 is 22.8 Å². The van der Waals surface area contributed by atoms with E-state index in [2.05, 4.69) is 5.32 Å². The highest BCUT2D eigenvalue weighted by Crippen LogP contribution is 2.35. The number of nitrogens with one attached hydrogen (secondary N) is 2. The number of carbonyl (C=O) groups is 2. The molecule has 0 aliphatic heterocycles. The summed E-state index contributed by atoms with van der Waals surface area (Å²) in [5, 5.41) is 13.1. The Hall–Kier alpha value is -2.21. The number of thioether (sulfide) groups is 1. The van der Waals surface area contributed by atoms with Crippen LogP contribution in [0.1, 0.15) is 25.7 Å². The van der Waals surface area contributed by atoms with Crippen LogP contribution in [0.15, 0.2) is 29.2 Å². The van der Waals surface area contributed by atoms with E-state index in [1.54, 1.807) is 12.1 Å². The topological polar surface area (TPSA) is 82.0 Å². The van der Waals surface area contributed by atoms with Crippen molar-refractivity contribution in [1.29, 1.82) is 5.26 Å². The van der Waals surface area contributed by atoms with Crippen molar-refractivity contribution in [2.45, 2.75) is 36.8 Å². The first-order valence-corrected chi connectivity index (χ1v) is 9.55. The molecule has 0 aromatic heterocycles. The van der Waals surface area contributed by atoms with Gasteiger partial charge in [-0.3, -0.25) is 9.59 Å². The van der Waals surface area contributed by atoms with Gasteiger partial charge in [-0.2, -0.15) is 18.4 Å². The molecule has 27 heavy (non-hydrogen) atoms. The summed E-state index contributed by atoms with van der Waals surface area (Å²) in [7, 11) is 0. The Morgan fingerprint density at radius 1 is 1.26 bits per heavy atom. The van der Waals surface area contributed by atoms with E-state index in [1.807, 2.05) is 11.4 Å². The van der Waals surface area contributed by atoms with Gasteiger partial charge in [0, 0.05) is 22.3 Å². The average Bonchev–Trinajstić information content (AvgIpc) is 2.64. The Morgan fingerprint density at radius 3 is 2.70 bits per heavy atom. The van der Waals surface area contributed by atoms with E-state index in [-0.39, 0.29) is 30.0 Å². The third kappa shape index (κ3) is 6.47. The second kappa shape index (κ2) is 9.65. The Balaban J connectivity index is 1.96. The Morgan fingerprint density at radius 2 is 2.00 bits per heavy atom. The Labute approximate surface area is 159 Å². The van der Waals surface area contributed by atoms with Crippen molar-refractivity contribution in [3.8, 4) is 6.07 Å². The molecule has 2 N–H and O–H groups in total. The number of alkyl halides is 3. The van der Waals surface area contributed by atoms with E-state index < -0.39 is 12.1 Å². The van der Waals surface area contributed by atoms with Crippen molar-refractivity contribution in [2.24, 2.45) is 11.8 Å². The summed E-state index contributed by atoms with van der Waals surface area (Å²) in [6, 6.07) is 8.10. The van der Waals surface area contributed by atoms with Crippen LogP contribution in [-0.4, -0.2) is 30.3 Å². The molecule has 5 nitrogen and oxygen atoms in total. The monoisotopic (exact) mass is 399 g/mol. The minimum absolute atomic E-state index is 0.0177. The lowest BCUT2D eigenvalue weighted by atomic mass is 9.80. The van der Waals surface area contributed by atoms with Crippen LogP contribution in [0.4, 0.5) is 18.9 Å². The van der Waals surface area contributed by atoms with Gasteiger partial charge in [-0.05, 0) is 37.0 Å². The van der Waals surface area contributed by atoms with E-state index in [0.29, 0.717) is 5.75 Å².